The number of hydrogen-bond acceptors (Lipinski definition) is 2. The molecule has 1 unspecified atom stereocenters. The summed E-state index contributed by atoms with van der Waals surface area (Å²) in [7, 11) is 0. The number of carbonyl (C=O) groups excluding carboxylic acids is 2. The van der Waals surface area contributed by atoms with Gasteiger partial charge in [0.2, 0.25) is 11.8 Å². The summed E-state index contributed by atoms with van der Waals surface area (Å²) in [6.07, 6.45) is 1.75. The largest absolute Gasteiger partial charge is 0.354 e. The Kier molecular flexibility index (Phi) is 8.24. The van der Waals surface area contributed by atoms with Crippen LogP contribution in [0.25, 0.3) is 0 Å². The smallest absolute Gasteiger partial charge is 0.242 e. The molecular weight excluding hydrogens is 348 g/mol. The molecular formula is C24H32N2O2. The van der Waals surface area contributed by atoms with Gasteiger partial charge in [-0.05, 0) is 37.8 Å². The van der Waals surface area contributed by atoms with E-state index < -0.39 is 6.04 Å². The van der Waals surface area contributed by atoms with Crippen LogP contribution in [0.4, 0.5) is 0 Å². The Morgan fingerprint density at radius 1 is 0.964 bits per heavy atom. The number of amides is 2. The number of hydrogen-bond donors (Lipinski definition) is 1. The van der Waals surface area contributed by atoms with Gasteiger partial charge < -0.3 is 10.2 Å². The summed E-state index contributed by atoms with van der Waals surface area (Å²) < 4.78 is 0. The second-order valence-corrected chi connectivity index (χ2v) is 7.39. The molecule has 0 spiro atoms. The molecule has 0 aliphatic heterocycles. The van der Waals surface area contributed by atoms with E-state index in [1.165, 1.54) is 5.56 Å². The normalized spacial score (nSPS) is 11.7. The average Bonchev–Trinajstić information content (AvgIpc) is 2.67. The van der Waals surface area contributed by atoms with E-state index in [2.05, 4.69) is 5.32 Å². The summed E-state index contributed by atoms with van der Waals surface area (Å²) in [5.74, 6) is -0.0984. The molecule has 0 aliphatic carbocycles. The molecule has 0 saturated heterocycles. The SMILES string of the molecule is CCCNC(=O)C(CC)N(Cc1ccc(C)cc1)C(=O)Cc1cccc(C)c1. The maximum atomic E-state index is 13.2. The molecule has 1 N–H and O–H groups in total. The number of benzene rings is 2. The van der Waals surface area contributed by atoms with Crippen LogP contribution in [0.2, 0.25) is 0 Å². The molecule has 0 radical (unpaired) electrons. The molecule has 4 heteroatoms. The quantitative estimate of drug-likeness (QED) is 0.709. The Morgan fingerprint density at radius 3 is 2.29 bits per heavy atom. The fraction of sp³-hybridized carbons (Fsp3) is 0.417. The number of nitrogens with one attached hydrogen (secondary N) is 1. The average molecular weight is 381 g/mol. The van der Waals surface area contributed by atoms with Crippen molar-refractivity contribution in [3.8, 4) is 0 Å². The first-order valence-corrected chi connectivity index (χ1v) is 10.1. The van der Waals surface area contributed by atoms with Crippen molar-refractivity contribution in [2.45, 2.75) is 59.5 Å². The van der Waals surface area contributed by atoms with Crippen molar-refractivity contribution in [3.05, 3.63) is 70.8 Å². The highest BCUT2D eigenvalue weighted by molar-refractivity contribution is 5.88. The highest BCUT2D eigenvalue weighted by Crippen LogP contribution is 2.16. The highest BCUT2D eigenvalue weighted by atomic mass is 16.2. The summed E-state index contributed by atoms with van der Waals surface area (Å²) in [4.78, 5) is 27.7. The van der Waals surface area contributed by atoms with E-state index in [1.807, 2.05) is 76.2 Å². The number of rotatable bonds is 9. The van der Waals surface area contributed by atoms with Crippen molar-refractivity contribution in [2.24, 2.45) is 0 Å². The van der Waals surface area contributed by atoms with Crippen LogP contribution in [0.1, 0.15) is 48.9 Å². The zero-order valence-corrected chi connectivity index (χ0v) is 17.5. The zero-order valence-electron chi connectivity index (χ0n) is 17.5. The van der Waals surface area contributed by atoms with E-state index in [4.69, 9.17) is 0 Å². The van der Waals surface area contributed by atoms with Crippen molar-refractivity contribution < 1.29 is 9.59 Å². The van der Waals surface area contributed by atoms with E-state index >= 15 is 0 Å². The molecule has 2 aromatic carbocycles. The fourth-order valence-electron chi connectivity index (χ4n) is 3.27. The Labute approximate surface area is 169 Å². The van der Waals surface area contributed by atoms with Gasteiger partial charge in [-0.3, -0.25) is 9.59 Å². The molecule has 4 nitrogen and oxygen atoms in total. The minimum absolute atomic E-state index is 0.0235. The van der Waals surface area contributed by atoms with Crippen molar-refractivity contribution in [2.75, 3.05) is 6.54 Å². The Balaban J connectivity index is 2.26. The molecule has 1 atom stereocenters. The van der Waals surface area contributed by atoms with Crippen LogP contribution in [-0.2, 0) is 22.6 Å². The second kappa shape index (κ2) is 10.6. The van der Waals surface area contributed by atoms with E-state index in [1.54, 1.807) is 4.90 Å². The maximum Gasteiger partial charge on any atom is 0.242 e. The summed E-state index contributed by atoms with van der Waals surface area (Å²) in [6.45, 7) is 9.10. The van der Waals surface area contributed by atoms with Gasteiger partial charge in [0.1, 0.15) is 6.04 Å². The molecule has 0 fully saturated rings. The lowest BCUT2D eigenvalue weighted by molar-refractivity contribution is -0.140. The topological polar surface area (TPSA) is 49.4 Å². The third-order valence-corrected chi connectivity index (χ3v) is 4.85. The van der Waals surface area contributed by atoms with Gasteiger partial charge in [0.05, 0.1) is 6.42 Å². The van der Waals surface area contributed by atoms with Crippen molar-refractivity contribution in [3.63, 3.8) is 0 Å². The summed E-state index contributed by atoms with van der Waals surface area (Å²) >= 11 is 0. The van der Waals surface area contributed by atoms with Crippen LogP contribution < -0.4 is 5.32 Å². The fourth-order valence-corrected chi connectivity index (χ4v) is 3.27. The van der Waals surface area contributed by atoms with Crippen LogP contribution in [-0.4, -0.2) is 29.3 Å². The second-order valence-electron chi connectivity index (χ2n) is 7.39. The summed E-state index contributed by atoms with van der Waals surface area (Å²) in [6, 6.07) is 15.6. The van der Waals surface area contributed by atoms with Gasteiger partial charge >= 0.3 is 0 Å². The van der Waals surface area contributed by atoms with E-state index in [0.717, 1.165) is 23.1 Å². The summed E-state index contributed by atoms with van der Waals surface area (Å²) in [5.41, 5.74) is 4.31. The third-order valence-electron chi connectivity index (χ3n) is 4.85. The van der Waals surface area contributed by atoms with Gasteiger partial charge in [-0.1, -0.05) is 73.5 Å². The Morgan fingerprint density at radius 2 is 1.68 bits per heavy atom. The third kappa shape index (κ3) is 6.22. The zero-order chi connectivity index (χ0) is 20.5. The van der Waals surface area contributed by atoms with Crippen LogP contribution in [0.15, 0.2) is 48.5 Å². The molecule has 0 aromatic heterocycles. The first-order valence-electron chi connectivity index (χ1n) is 10.1. The summed E-state index contributed by atoms with van der Waals surface area (Å²) in [5, 5.41) is 2.95. The highest BCUT2D eigenvalue weighted by Gasteiger charge is 2.28. The predicted octanol–water partition coefficient (Wildman–Crippen LogP) is 4.18. The van der Waals surface area contributed by atoms with Crippen LogP contribution in [0, 0.1) is 13.8 Å². The number of aryl methyl sites for hydroxylation is 2. The molecule has 28 heavy (non-hydrogen) atoms. The molecule has 0 bridgehead atoms. The van der Waals surface area contributed by atoms with Gasteiger partial charge in [-0.2, -0.15) is 0 Å². The lowest BCUT2D eigenvalue weighted by Gasteiger charge is -2.31. The van der Waals surface area contributed by atoms with E-state index in [0.29, 0.717) is 25.9 Å². The Bertz CT molecular complexity index is 783. The van der Waals surface area contributed by atoms with E-state index in [9.17, 15) is 9.59 Å². The standard InChI is InChI=1S/C24H32N2O2/c1-5-14-25-24(28)22(6-2)26(17-20-12-10-18(3)11-13-20)23(27)16-21-9-7-8-19(4)15-21/h7-13,15,22H,5-6,14,16-17H2,1-4H3,(H,25,28). The number of nitrogens with zero attached hydrogens (tertiary/aromatic N) is 1. The molecule has 0 aliphatic rings. The molecule has 0 heterocycles. The minimum Gasteiger partial charge on any atom is -0.354 e. The van der Waals surface area contributed by atoms with E-state index in [-0.39, 0.29) is 11.8 Å². The lowest BCUT2D eigenvalue weighted by atomic mass is 10.0. The number of carbonyl (C=O) groups is 2. The molecule has 2 amide bonds. The van der Waals surface area contributed by atoms with Crippen molar-refractivity contribution in [1.82, 2.24) is 10.2 Å². The predicted molar refractivity (Wildman–Crippen MR) is 114 cm³/mol. The molecule has 150 valence electrons. The minimum atomic E-state index is -0.467. The van der Waals surface area contributed by atoms with Gasteiger partial charge in [0.25, 0.3) is 0 Å². The first kappa shape index (κ1) is 21.7. The van der Waals surface area contributed by atoms with Gasteiger partial charge in [-0.15, -0.1) is 0 Å². The van der Waals surface area contributed by atoms with Gasteiger partial charge in [0, 0.05) is 13.1 Å². The van der Waals surface area contributed by atoms with Crippen molar-refractivity contribution in [1.29, 1.82) is 0 Å². The molecule has 2 aromatic rings. The maximum absolute atomic E-state index is 13.2. The van der Waals surface area contributed by atoms with Crippen molar-refractivity contribution >= 4 is 11.8 Å². The monoisotopic (exact) mass is 380 g/mol. The molecule has 0 saturated carbocycles. The molecule has 2 rings (SSSR count). The van der Waals surface area contributed by atoms with Crippen LogP contribution in [0.3, 0.4) is 0 Å². The Hall–Kier alpha value is -2.62. The first-order chi connectivity index (χ1) is 13.4. The van der Waals surface area contributed by atoms with Gasteiger partial charge in [0.15, 0.2) is 0 Å². The van der Waals surface area contributed by atoms with Gasteiger partial charge in [-0.25, -0.2) is 0 Å². The lowest BCUT2D eigenvalue weighted by Crippen LogP contribution is -2.49. The van der Waals surface area contributed by atoms with Crippen LogP contribution >= 0.6 is 0 Å². The van der Waals surface area contributed by atoms with Crippen LogP contribution in [0.5, 0.6) is 0 Å².